The molecule has 0 saturated heterocycles. The zero-order chi connectivity index (χ0) is 26.8. The first-order valence-electron chi connectivity index (χ1n) is 12.9. The third-order valence-electron chi connectivity index (χ3n) is 5.81. The summed E-state index contributed by atoms with van der Waals surface area (Å²) in [5.41, 5.74) is 4.75. The Hall–Kier alpha value is -3.02. The molecule has 0 aliphatic heterocycles. The van der Waals surface area contributed by atoms with Gasteiger partial charge in [0.2, 0.25) is 0 Å². The molecule has 10 nitrogen and oxygen atoms in total. The van der Waals surface area contributed by atoms with Gasteiger partial charge in [-0.2, -0.15) is 0 Å². The molecule has 0 spiro atoms. The van der Waals surface area contributed by atoms with Crippen molar-refractivity contribution in [3.05, 3.63) is 59.7 Å². The van der Waals surface area contributed by atoms with Gasteiger partial charge >= 0.3 is 12.1 Å². The summed E-state index contributed by atoms with van der Waals surface area (Å²) in [5, 5.41) is 11.2. The number of fused-ring (bicyclic) bond motifs is 3. The molecule has 1 amide bonds. The first-order chi connectivity index (χ1) is 18.7. The lowest BCUT2D eigenvalue weighted by atomic mass is 9.98. The molecule has 208 valence electrons. The lowest BCUT2D eigenvalue weighted by molar-refractivity contribution is -0.138. The molecular formula is C28H37NO9. The second-order valence-corrected chi connectivity index (χ2v) is 8.46. The second kappa shape index (κ2) is 17.5. The van der Waals surface area contributed by atoms with Gasteiger partial charge < -0.3 is 38.8 Å². The van der Waals surface area contributed by atoms with Crippen LogP contribution in [0.2, 0.25) is 0 Å². The van der Waals surface area contributed by atoms with Gasteiger partial charge in [-0.25, -0.2) is 4.79 Å². The van der Waals surface area contributed by atoms with Crippen molar-refractivity contribution in [3.8, 4) is 11.1 Å². The van der Waals surface area contributed by atoms with Crippen molar-refractivity contribution in [1.82, 2.24) is 5.32 Å². The van der Waals surface area contributed by atoms with Crippen molar-refractivity contribution < 1.29 is 43.1 Å². The molecule has 10 heteroatoms. The topological polar surface area (TPSA) is 122 Å². The van der Waals surface area contributed by atoms with E-state index in [0.29, 0.717) is 66.0 Å². The molecule has 3 rings (SSSR count). The Labute approximate surface area is 223 Å². The Kier molecular flexibility index (Phi) is 13.6. The van der Waals surface area contributed by atoms with Gasteiger partial charge in [0, 0.05) is 12.5 Å². The van der Waals surface area contributed by atoms with E-state index >= 15 is 0 Å². The molecule has 0 heterocycles. The molecule has 0 aromatic heterocycles. The van der Waals surface area contributed by atoms with Gasteiger partial charge in [-0.15, -0.1) is 0 Å². The van der Waals surface area contributed by atoms with Crippen LogP contribution in [0, 0.1) is 0 Å². The van der Waals surface area contributed by atoms with Gasteiger partial charge in [-0.3, -0.25) is 4.79 Å². The molecule has 2 N–H and O–H groups in total. The van der Waals surface area contributed by atoms with Crippen LogP contribution >= 0.6 is 0 Å². The fourth-order valence-corrected chi connectivity index (χ4v) is 4.02. The maximum absolute atomic E-state index is 12.1. The summed E-state index contributed by atoms with van der Waals surface area (Å²) >= 11 is 0. The number of amides is 1. The molecule has 2 aromatic rings. The van der Waals surface area contributed by atoms with Crippen LogP contribution in [-0.4, -0.2) is 96.4 Å². The van der Waals surface area contributed by atoms with Crippen LogP contribution in [0.25, 0.3) is 11.1 Å². The summed E-state index contributed by atoms with van der Waals surface area (Å²) in [6, 6.07) is 16.5. The number of hydrogen-bond donors (Lipinski definition) is 2. The highest BCUT2D eigenvalue weighted by atomic mass is 16.6. The van der Waals surface area contributed by atoms with E-state index in [4.69, 9.17) is 33.5 Å². The van der Waals surface area contributed by atoms with E-state index in [2.05, 4.69) is 29.6 Å². The number of ether oxygens (including phenoxy) is 6. The minimum absolute atomic E-state index is 0.00760. The minimum Gasteiger partial charge on any atom is -0.481 e. The van der Waals surface area contributed by atoms with Crippen LogP contribution in [0.5, 0.6) is 0 Å². The first-order valence-corrected chi connectivity index (χ1v) is 12.9. The average Bonchev–Trinajstić information content (AvgIpc) is 3.24. The van der Waals surface area contributed by atoms with E-state index in [1.165, 1.54) is 22.3 Å². The SMILES string of the molecule is O=C(O)CCOCCOCCOCCOCCOCCNC(=O)OCC1c2ccccc2-c2ccccc21. The van der Waals surface area contributed by atoms with Crippen LogP contribution in [0.15, 0.2) is 48.5 Å². The molecule has 1 aliphatic carbocycles. The zero-order valence-corrected chi connectivity index (χ0v) is 21.6. The highest BCUT2D eigenvalue weighted by molar-refractivity contribution is 5.79. The number of carbonyl (C=O) groups excluding carboxylic acids is 1. The summed E-state index contributed by atoms with van der Waals surface area (Å²) < 4.78 is 32.2. The Morgan fingerprint density at radius 3 is 1.61 bits per heavy atom. The zero-order valence-electron chi connectivity index (χ0n) is 21.6. The molecule has 38 heavy (non-hydrogen) atoms. The van der Waals surface area contributed by atoms with E-state index in [1.54, 1.807) is 0 Å². The number of carbonyl (C=O) groups is 2. The van der Waals surface area contributed by atoms with Crippen molar-refractivity contribution in [1.29, 1.82) is 0 Å². The molecule has 0 atom stereocenters. The van der Waals surface area contributed by atoms with Crippen LogP contribution in [0.3, 0.4) is 0 Å². The minimum atomic E-state index is -0.879. The summed E-state index contributed by atoms with van der Waals surface area (Å²) in [5.74, 6) is -0.842. The molecule has 0 radical (unpaired) electrons. The largest absolute Gasteiger partial charge is 0.481 e. The number of nitrogens with one attached hydrogen (secondary N) is 1. The quantitative estimate of drug-likeness (QED) is 0.248. The van der Waals surface area contributed by atoms with Gasteiger partial charge in [0.05, 0.1) is 72.5 Å². The molecule has 0 unspecified atom stereocenters. The molecular weight excluding hydrogens is 494 g/mol. The number of aliphatic carboxylic acids is 1. The molecule has 2 aromatic carbocycles. The van der Waals surface area contributed by atoms with Crippen molar-refractivity contribution >= 4 is 12.1 Å². The monoisotopic (exact) mass is 531 g/mol. The van der Waals surface area contributed by atoms with E-state index in [-0.39, 0.29) is 25.6 Å². The average molecular weight is 532 g/mol. The highest BCUT2D eigenvalue weighted by Gasteiger charge is 2.28. The summed E-state index contributed by atoms with van der Waals surface area (Å²) in [6.07, 6.45) is -0.467. The number of carboxylic acid groups (broad SMARTS) is 1. The smallest absolute Gasteiger partial charge is 0.407 e. The third-order valence-corrected chi connectivity index (χ3v) is 5.81. The van der Waals surface area contributed by atoms with Crippen LogP contribution in [0.4, 0.5) is 4.79 Å². The Bertz CT molecular complexity index is 939. The molecule has 0 fully saturated rings. The summed E-state index contributed by atoms with van der Waals surface area (Å²) in [6.45, 7) is 4.55. The number of alkyl carbamates (subject to hydrolysis) is 1. The fourth-order valence-electron chi connectivity index (χ4n) is 4.02. The number of carboxylic acids is 1. The normalized spacial score (nSPS) is 12.2. The number of rotatable bonds is 20. The van der Waals surface area contributed by atoms with E-state index in [1.807, 2.05) is 24.3 Å². The number of hydrogen-bond acceptors (Lipinski definition) is 8. The summed E-state index contributed by atoms with van der Waals surface area (Å²) in [7, 11) is 0. The van der Waals surface area contributed by atoms with Crippen molar-refractivity contribution in [3.63, 3.8) is 0 Å². The van der Waals surface area contributed by atoms with Gasteiger partial charge in [-0.1, -0.05) is 48.5 Å². The lowest BCUT2D eigenvalue weighted by Crippen LogP contribution is -2.29. The van der Waals surface area contributed by atoms with E-state index in [0.717, 1.165) is 0 Å². The van der Waals surface area contributed by atoms with E-state index in [9.17, 15) is 9.59 Å². The second-order valence-electron chi connectivity index (χ2n) is 8.46. The van der Waals surface area contributed by atoms with E-state index < -0.39 is 12.1 Å². The third kappa shape index (κ3) is 10.4. The van der Waals surface area contributed by atoms with Gasteiger partial charge in [0.25, 0.3) is 0 Å². The van der Waals surface area contributed by atoms with Crippen LogP contribution in [-0.2, 0) is 33.2 Å². The molecule has 0 saturated carbocycles. The van der Waals surface area contributed by atoms with Crippen LogP contribution in [0.1, 0.15) is 23.5 Å². The highest BCUT2D eigenvalue weighted by Crippen LogP contribution is 2.44. The molecule has 0 bridgehead atoms. The Morgan fingerprint density at radius 2 is 1.11 bits per heavy atom. The van der Waals surface area contributed by atoms with Gasteiger partial charge in [0.15, 0.2) is 0 Å². The van der Waals surface area contributed by atoms with Crippen molar-refractivity contribution in [2.24, 2.45) is 0 Å². The van der Waals surface area contributed by atoms with Gasteiger partial charge in [-0.05, 0) is 22.3 Å². The summed E-state index contributed by atoms with van der Waals surface area (Å²) in [4.78, 5) is 22.5. The Balaban J connectivity index is 1.11. The number of benzene rings is 2. The predicted molar refractivity (Wildman–Crippen MR) is 139 cm³/mol. The lowest BCUT2D eigenvalue weighted by Gasteiger charge is -2.14. The van der Waals surface area contributed by atoms with Crippen molar-refractivity contribution in [2.45, 2.75) is 12.3 Å². The van der Waals surface area contributed by atoms with Crippen LogP contribution < -0.4 is 5.32 Å². The Morgan fingerprint density at radius 1 is 0.658 bits per heavy atom. The standard InChI is InChI=1S/C28H37NO9/c30-27(31)9-11-33-13-15-35-17-19-37-20-18-36-16-14-34-12-10-29-28(32)38-21-26-24-7-3-1-5-22(24)23-6-2-4-8-25(23)26/h1-8,26H,9-21H2,(H,29,32)(H,30,31). The fraction of sp³-hybridized carbons (Fsp3) is 0.500. The maximum atomic E-state index is 12.1. The van der Waals surface area contributed by atoms with Crippen molar-refractivity contribution in [2.75, 3.05) is 79.2 Å². The molecule has 1 aliphatic rings. The predicted octanol–water partition coefficient (Wildman–Crippen LogP) is 3.08. The maximum Gasteiger partial charge on any atom is 0.407 e. The van der Waals surface area contributed by atoms with Gasteiger partial charge in [0.1, 0.15) is 6.61 Å². The first kappa shape index (κ1) is 29.5.